The Hall–Kier alpha value is -1.89. The number of hydrogen-bond donors (Lipinski definition) is 3. The molecule has 1 saturated carbocycles. The molecule has 7 nitrogen and oxygen atoms in total. The molecule has 1 heterocycles. The lowest BCUT2D eigenvalue weighted by Gasteiger charge is -2.14. The summed E-state index contributed by atoms with van der Waals surface area (Å²) >= 11 is 0. The highest BCUT2D eigenvalue weighted by molar-refractivity contribution is 5.75. The first-order valence-electron chi connectivity index (χ1n) is 6.22. The minimum atomic E-state index is -0.425. The molecule has 3 N–H and O–H groups in total. The fourth-order valence-corrected chi connectivity index (χ4v) is 1.99. The van der Waals surface area contributed by atoms with Crippen molar-refractivity contribution in [3.05, 3.63) is 32.8 Å². The predicted molar refractivity (Wildman–Crippen MR) is 67.7 cm³/mol. The first kappa shape index (κ1) is 13.5. The van der Waals surface area contributed by atoms with Crippen LogP contribution in [0.1, 0.15) is 19.3 Å². The van der Waals surface area contributed by atoms with Crippen molar-refractivity contribution in [1.29, 1.82) is 0 Å². The van der Waals surface area contributed by atoms with Crippen molar-refractivity contribution in [1.82, 2.24) is 15.1 Å². The van der Waals surface area contributed by atoms with Gasteiger partial charge in [0.25, 0.3) is 11.1 Å². The maximum absolute atomic E-state index is 11.7. The summed E-state index contributed by atoms with van der Waals surface area (Å²) in [5.74, 6) is -0.326. The number of amides is 1. The monoisotopic (exact) mass is 267 g/mol. The second kappa shape index (κ2) is 5.40. The van der Waals surface area contributed by atoms with Gasteiger partial charge in [-0.1, -0.05) is 0 Å². The van der Waals surface area contributed by atoms with Crippen LogP contribution in [0.2, 0.25) is 0 Å². The quantitative estimate of drug-likeness (QED) is 0.603. The normalized spacial score (nSPS) is 16.1. The number of aliphatic hydroxyl groups excluding tert-OH is 1. The molecule has 0 spiro atoms. The second-order valence-corrected chi connectivity index (χ2v) is 4.98. The van der Waals surface area contributed by atoms with Gasteiger partial charge in [-0.25, -0.2) is 4.68 Å². The van der Waals surface area contributed by atoms with Gasteiger partial charge in [0.15, 0.2) is 0 Å². The van der Waals surface area contributed by atoms with Crippen molar-refractivity contribution in [2.75, 3.05) is 13.2 Å². The summed E-state index contributed by atoms with van der Waals surface area (Å²) in [6.45, 7) is 0.406. The van der Waals surface area contributed by atoms with E-state index in [1.807, 2.05) is 0 Å². The maximum atomic E-state index is 11.7. The van der Waals surface area contributed by atoms with Crippen LogP contribution in [0, 0.1) is 5.41 Å². The van der Waals surface area contributed by atoms with Crippen molar-refractivity contribution in [2.45, 2.75) is 25.8 Å². The van der Waals surface area contributed by atoms with E-state index >= 15 is 0 Å². The highest BCUT2D eigenvalue weighted by atomic mass is 16.3. The number of carbonyl (C=O) groups is 1. The summed E-state index contributed by atoms with van der Waals surface area (Å²) in [5.41, 5.74) is -0.822. The number of hydrogen-bond acceptors (Lipinski definition) is 4. The Morgan fingerprint density at radius 3 is 2.79 bits per heavy atom. The zero-order chi connectivity index (χ0) is 13.9. The number of aromatic nitrogens is 2. The highest BCUT2D eigenvalue weighted by Gasteiger charge is 2.41. The first-order chi connectivity index (χ1) is 9.04. The third kappa shape index (κ3) is 3.54. The molecule has 0 radical (unpaired) electrons. The van der Waals surface area contributed by atoms with E-state index in [1.54, 1.807) is 0 Å². The Morgan fingerprint density at radius 2 is 2.16 bits per heavy atom. The smallest absolute Gasteiger partial charge is 0.265 e. The fraction of sp³-hybridized carbons (Fsp3) is 0.583. The van der Waals surface area contributed by atoms with Crippen LogP contribution >= 0.6 is 0 Å². The van der Waals surface area contributed by atoms with Crippen LogP contribution < -0.4 is 16.4 Å². The Morgan fingerprint density at radius 1 is 1.42 bits per heavy atom. The van der Waals surface area contributed by atoms with Crippen LogP contribution in [0.15, 0.2) is 21.7 Å². The molecule has 0 aliphatic heterocycles. The minimum absolute atomic E-state index is 0.0272. The molecule has 0 aromatic carbocycles. The largest absolute Gasteiger partial charge is 0.396 e. The zero-order valence-corrected chi connectivity index (χ0v) is 10.5. The number of rotatable bonds is 6. The maximum Gasteiger partial charge on any atom is 0.265 e. The number of aromatic amines is 1. The van der Waals surface area contributed by atoms with Gasteiger partial charge in [-0.15, -0.1) is 0 Å². The van der Waals surface area contributed by atoms with Crippen molar-refractivity contribution >= 4 is 5.91 Å². The van der Waals surface area contributed by atoms with E-state index in [0.717, 1.165) is 29.7 Å². The van der Waals surface area contributed by atoms with Crippen LogP contribution in [0.3, 0.4) is 0 Å². The SMILES string of the molecule is O=C(Cn1[nH]c(=O)ccc1=O)NCC1(CCO)CC1. The second-order valence-electron chi connectivity index (χ2n) is 4.98. The number of carbonyl (C=O) groups excluding carboxylic acids is 1. The van der Waals surface area contributed by atoms with E-state index in [-0.39, 0.29) is 24.5 Å². The summed E-state index contributed by atoms with van der Waals surface area (Å²) in [7, 11) is 0. The van der Waals surface area contributed by atoms with Gasteiger partial charge in [0, 0.05) is 25.3 Å². The Kier molecular flexibility index (Phi) is 3.84. The average molecular weight is 267 g/mol. The van der Waals surface area contributed by atoms with Crippen LogP contribution in [0.25, 0.3) is 0 Å². The summed E-state index contributed by atoms with van der Waals surface area (Å²) in [4.78, 5) is 34.2. The molecule has 104 valence electrons. The average Bonchev–Trinajstić information content (AvgIpc) is 3.12. The fourth-order valence-electron chi connectivity index (χ4n) is 1.99. The van der Waals surface area contributed by atoms with E-state index in [2.05, 4.69) is 10.4 Å². The predicted octanol–water partition coefficient (Wildman–Crippen LogP) is -1.18. The van der Waals surface area contributed by atoms with Crippen LogP contribution in [0.5, 0.6) is 0 Å². The molecular weight excluding hydrogens is 250 g/mol. The molecule has 0 saturated heterocycles. The molecule has 0 atom stereocenters. The molecule has 1 aliphatic carbocycles. The molecule has 1 aromatic heterocycles. The van der Waals surface area contributed by atoms with Gasteiger partial charge in [0.05, 0.1) is 0 Å². The third-order valence-corrected chi connectivity index (χ3v) is 3.45. The number of nitrogens with one attached hydrogen (secondary N) is 2. The molecule has 1 amide bonds. The highest BCUT2D eigenvalue weighted by Crippen LogP contribution is 2.47. The topological polar surface area (TPSA) is 104 Å². The minimum Gasteiger partial charge on any atom is -0.396 e. The Balaban J connectivity index is 1.89. The number of nitrogens with zero attached hydrogens (tertiary/aromatic N) is 1. The van der Waals surface area contributed by atoms with Crippen molar-refractivity contribution < 1.29 is 9.90 Å². The van der Waals surface area contributed by atoms with Crippen molar-refractivity contribution in [3.63, 3.8) is 0 Å². The van der Waals surface area contributed by atoms with Gasteiger partial charge in [0.1, 0.15) is 6.54 Å². The molecule has 0 unspecified atom stereocenters. The van der Waals surface area contributed by atoms with E-state index < -0.39 is 11.1 Å². The summed E-state index contributed by atoms with van der Waals surface area (Å²) in [6.07, 6.45) is 2.67. The van der Waals surface area contributed by atoms with Gasteiger partial charge in [-0.05, 0) is 24.7 Å². The van der Waals surface area contributed by atoms with Crippen molar-refractivity contribution in [3.8, 4) is 0 Å². The van der Waals surface area contributed by atoms with E-state index in [1.165, 1.54) is 0 Å². The Labute approximate surface area is 109 Å². The van der Waals surface area contributed by atoms with Gasteiger partial charge in [0.2, 0.25) is 5.91 Å². The molecule has 2 rings (SSSR count). The summed E-state index contributed by atoms with van der Waals surface area (Å²) in [5, 5.41) is 13.9. The summed E-state index contributed by atoms with van der Waals surface area (Å²) < 4.78 is 0.975. The van der Waals surface area contributed by atoms with Gasteiger partial charge in [-0.2, -0.15) is 0 Å². The molecule has 1 aromatic rings. The van der Waals surface area contributed by atoms with Crippen LogP contribution in [-0.4, -0.2) is 33.9 Å². The van der Waals surface area contributed by atoms with Gasteiger partial charge < -0.3 is 10.4 Å². The van der Waals surface area contributed by atoms with E-state index in [4.69, 9.17) is 5.11 Å². The Bertz CT molecular complexity index is 571. The van der Waals surface area contributed by atoms with E-state index in [0.29, 0.717) is 13.0 Å². The lowest BCUT2D eigenvalue weighted by Crippen LogP contribution is -2.38. The molecular formula is C12H17N3O4. The zero-order valence-electron chi connectivity index (χ0n) is 10.5. The lowest BCUT2D eigenvalue weighted by molar-refractivity contribution is -0.122. The molecule has 7 heteroatoms. The van der Waals surface area contributed by atoms with E-state index in [9.17, 15) is 14.4 Å². The third-order valence-electron chi connectivity index (χ3n) is 3.45. The lowest BCUT2D eigenvalue weighted by atomic mass is 10.0. The van der Waals surface area contributed by atoms with Crippen molar-refractivity contribution in [2.24, 2.45) is 5.41 Å². The van der Waals surface area contributed by atoms with Crippen LogP contribution in [-0.2, 0) is 11.3 Å². The van der Waals surface area contributed by atoms with Gasteiger partial charge in [-0.3, -0.25) is 19.5 Å². The number of aliphatic hydroxyl groups is 1. The summed E-state index contributed by atoms with van der Waals surface area (Å²) in [6, 6.07) is 2.25. The first-order valence-corrected chi connectivity index (χ1v) is 6.22. The molecule has 19 heavy (non-hydrogen) atoms. The van der Waals surface area contributed by atoms with Gasteiger partial charge >= 0.3 is 0 Å². The molecule has 1 fully saturated rings. The molecule has 1 aliphatic rings. The standard InChI is InChI=1S/C12H17N3O4/c16-6-5-12(3-4-12)8-13-10(18)7-15-11(19)2-1-9(17)14-15/h1-2,16H,3-8H2,(H,13,18)(H,14,17). The molecule has 0 bridgehead atoms. The van der Waals surface area contributed by atoms with Crippen LogP contribution in [0.4, 0.5) is 0 Å². The number of H-pyrrole nitrogens is 1.